The highest BCUT2D eigenvalue weighted by Crippen LogP contribution is 2.31. The molecular weight excluding hydrogens is 362 g/mol. The van der Waals surface area contributed by atoms with Crippen molar-refractivity contribution in [2.75, 3.05) is 10.6 Å². The van der Waals surface area contributed by atoms with Crippen molar-refractivity contribution in [2.24, 2.45) is 11.8 Å². The maximum atomic E-state index is 13.3. The van der Waals surface area contributed by atoms with Gasteiger partial charge in [0, 0.05) is 29.3 Å². The van der Waals surface area contributed by atoms with Gasteiger partial charge in [-0.15, -0.1) is 0 Å². The lowest BCUT2D eigenvalue weighted by Crippen LogP contribution is -2.32. The van der Waals surface area contributed by atoms with E-state index in [1.54, 1.807) is 0 Å². The van der Waals surface area contributed by atoms with Crippen molar-refractivity contribution < 1.29 is 18.4 Å². The van der Waals surface area contributed by atoms with Crippen LogP contribution in [-0.4, -0.2) is 11.8 Å². The summed E-state index contributed by atoms with van der Waals surface area (Å²) in [5.74, 6) is -2.56. The smallest absolute Gasteiger partial charge is 0.227 e. The summed E-state index contributed by atoms with van der Waals surface area (Å²) in [6, 6.07) is 9.22. The normalized spacial score (nSPS) is 19.1. The second-order valence-electron chi connectivity index (χ2n) is 7.47. The lowest BCUT2D eigenvalue weighted by atomic mass is 9.81. The van der Waals surface area contributed by atoms with Gasteiger partial charge in [-0.05, 0) is 68.9 Å². The first kappa shape index (κ1) is 20.0. The lowest BCUT2D eigenvalue weighted by Gasteiger charge is -2.27. The van der Waals surface area contributed by atoms with Crippen molar-refractivity contribution >= 4 is 23.2 Å². The number of carbonyl (C=O) groups is 2. The molecule has 0 radical (unpaired) electrons. The highest BCUT2D eigenvalue weighted by Gasteiger charge is 2.30. The Bertz CT molecular complexity index is 890. The molecule has 6 heteroatoms. The van der Waals surface area contributed by atoms with E-state index in [1.165, 1.54) is 6.07 Å². The third-order valence-corrected chi connectivity index (χ3v) is 5.31. The van der Waals surface area contributed by atoms with Crippen LogP contribution in [0.25, 0.3) is 0 Å². The maximum Gasteiger partial charge on any atom is 0.227 e. The number of amides is 2. The van der Waals surface area contributed by atoms with E-state index >= 15 is 0 Å². The number of hydrogen-bond acceptors (Lipinski definition) is 2. The topological polar surface area (TPSA) is 58.2 Å². The molecular formula is C22H24F2N2O2. The van der Waals surface area contributed by atoms with Crippen LogP contribution in [0.2, 0.25) is 0 Å². The van der Waals surface area contributed by atoms with Gasteiger partial charge in [-0.2, -0.15) is 0 Å². The second kappa shape index (κ2) is 8.50. The van der Waals surface area contributed by atoms with E-state index in [1.807, 2.05) is 32.0 Å². The van der Waals surface area contributed by atoms with Crippen LogP contribution in [0, 0.1) is 37.3 Å². The quantitative estimate of drug-likeness (QED) is 0.780. The average molecular weight is 386 g/mol. The fourth-order valence-electron chi connectivity index (χ4n) is 3.54. The van der Waals surface area contributed by atoms with Gasteiger partial charge in [0.1, 0.15) is 0 Å². The van der Waals surface area contributed by atoms with Crippen molar-refractivity contribution in [3.05, 3.63) is 59.2 Å². The molecule has 1 aliphatic carbocycles. The third kappa shape index (κ3) is 4.74. The van der Waals surface area contributed by atoms with Crippen LogP contribution < -0.4 is 10.6 Å². The van der Waals surface area contributed by atoms with Gasteiger partial charge in [-0.25, -0.2) is 8.78 Å². The zero-order chi connectivity index (χ0) is 20.3. The highest BCUT2D eigenvalue weighted by molar-refractivity contribution is 5.95. The van der Waals surface area contributed by atoms with Crippen molar-refractivity contribution in [1.29, 1.82) is 0 Å². The molecule has 0 saturated heterocycles. The number of nitrogens with one attached hydrogen (secondary N) is 2. The Labute approximate surface area is 163 Å². The largest absolute Gasteiger partial charge is 0.326 e. The molecule has 0 bridgehead atoms. The fourth-order valence-corrected chi connectivity index (χ4v) is 3.54. The predicted molar refractivity (Wildman–Crippen MR) is 105 cm³/mol. The number of rotatable bonds is 4. The predicted octanol–water partition coefficient (Wildman–Crippen LogP) is 4.97. The summed E-state index contributed by atoms with van der Waals surface area (Å²) in [7, 11) is 0. The summed E-state index contributed by atoms with van der Waals surface area (Å²) in [5.41, 5.74) is 3.15. The van der Waals surface area contributed by atoms with Gasteiger partial charge < -0.3 is 10.6 Å². The fraction of sp³-hybridized carbons (Fsp3) is 0.364. The van der Waals surface area contributed by atoms with Gasteiger partial charge in [0.2, 0.25) is 11.8 Å². The Morgan fingerprint density at radius 3 is 2.04 bits per heavy atom. The van der Waals surface area contributed by atoms with Crippen molar-refractivity contribution in [1.82, 2.24) is 0 Å². The van der Waals surface area contributed by atoms with Crippen LogP contribution in [0.15, 0.2) is 36.4 Å². The number of benzene rings is 2. The summed E-state index contributed by atoms with van der Waals surface area (Å²) in [6.07, 6.45) is 2.40. The molecule has 0 aliphatic heterocycles. The van der Waals surface area contributed by atoms with Crippen LogP contribution in [0.4, 0.5) is 20.2 Å². The van der Waals surface area contributed by atoms with E-state index in [-0.39, 0.29) is 29.3 Å². The first-order valence-electron chi connectivity index (χ1n) is 9.47. The molecule has 1 fully saturated rings. The molecule has 1 saturated carbocycles. The second-order valence-corrected chi connectivity index (χ2v) is 7.47. The average Bonchev–Trinajstić information content (AvgIpc) is 2.67. The maximum absolute atomic E-state index is 13.3. The minimum absolute atomic E-state index is 0.0202. The van der Waals surface area contributed by atoms with Crippen LogP contribution >= 0.6 is 0 Å². The lowest BCUT2D eigenvalue weighted by molar-refractivity contribution is -0.125. The minimum Gasteiger partial charge on any atom is -0.326 e. The van der Waals surface area contributed by atoms with Crippen molar-refractivity contribution in [2.45, 2.75) is 39.5 Å². The highest BCUT2D eigenvalue weighted by atomic mass is 19.2. The molecule has 4 nitrogen and oxygen atoms in total. The molecule has 2 aromatic rings. The third-order valence-electron chi connectivity index (χ3n) is 5.31. The summed E-state index contributed by atoms with van der Waals surface area (Å²) in [5, 5.41) is 5.63. The van der Waals surface area contributed by atoms with E-state index < -0.39 is 11.6 Å². The number of aryl methyl sites for hydroxylation is 2. The Hall–Kier alpha value is -2.76. The first-order chi connectivity index (χ1) is 13.3. The van der Waals surface area contributed by atoms with Gasteiger partial charge in [-0.1, -0.05) is 12.1 Å². The van der Waals surface area contributed by atoms with Gasteiger partial charge >= 0.3 is 0 Å². The number of anilines is 2. The Morgan fingerprint density at radius 2 is 1.43 bits per heavy atom. The molecule has 0 heterocycles. The molecule has 2 N–H and O–H groups in total. The number of halogens is 2. The molecule has 3 rings (SSSR count). The number of hydrogen-bond donors (Lipinski definition) is 2. The molecule has 148 valence electrons. The van der Waals surface area contributed by atoms with Gasteiger partial charge in [0.25, 0.3) is 0 Å². The van der Waals surface area contributed by atoms with E-state index in [0.29, 0.717) is 25.7 Å². The monoisotopic (exact) mass is 386 g/mol. The Balaban J connectivity index is 1.53. The van der Waals surface area contributed by atoms with Gasteiger partial charge in [0.05, 0.1) is 0 Å². The zero-order valence-corrected chi connectivity index (χ0v) is 16.0. The van der Waals surface area contributed by atoms with Gasteiger partial charge in [-0.3, -0.25) is 9.59 Å². The minimum atomic E-state index is -0.996. The summed E-state index contributed by atoms with van der Waals surface area (Å²) >= 11 is 0. The SMILES string of the molecule is Cc1ccc(C)c(NC(=O)C2CCC(C(=O)Nc3ccc(F)c(F)c3)CC2)c1. The van der Waals surface area contributed by atoms with Crippen LogP contribution in [-0.2, 0) is 9.59 Å². The molecule has 0 atom stereocenters. The van der Waals surface area contributed by atoms with E-state index in [4.69, 9.17) is 0 Å². The van der Waals surface area contributed by atoms with Gasteiger partial charge in [0.15, 0.2) is 11.6 Å². The first-order valence-corrected chi connectivity index (χ1v) is 9.47. The zero-order valence-electron chi connectivity index (χ0n) is 16.0. The molecule has 0 spiro atoms. The molecule has 0 unspecified atom stereocenters. The summed E-state index contributed by atoms with van der Waals surface area (Å²) in [4.78, 5) is 25.0. The summed E-state index contributed by atoms with van der Waals surface area (Å²) < 4.78 is 26.3. The molecule has 2 amide bonds. The Morgan fingerprint density at radius 1 is 0.821 bits per heavy atom. The van der Waals surface area contributed by atoms with Crippen LogP contribution in [0.5, 0.6) is 0 Å². The van der Waals surface area contributed by atoms with Crippen LogP contribution in [0.1, 0.15) is 36.8 Å². The Kier molecular flexibility index (Phi) is 6.07. The van der Waals surface area contributed by atoms with Crippen molar-refractivity contribution in [3.8, 4) is 0 Å². The summed E-state index contributed by atoms with van der Waals surface area (Å²) in [6.45, 7) is 3.93. The number of carbonyl (C=O) groups excluding carboxylic acids is 2. The molecule has 1 aliphatic rings. The van der Waals surface area contributed by atoms with E-state index in [9.17, 15) is 18.4 Å². The van der Waals surface area contributed by atoms with Crippen LogP contribution in [0.3, 0.4) is 0 Å². The standard InChI is InChI=1S/C22H24F2N2O2/c1-13-3-4-14(2)20(11-13)26-22(28)16-7-5-15(6-8-16)21(27)25-17-9-10-18(23)19(24)12-17/h3-4,9-12,15-16H,5-8H2,1-2H3,(H,25,27)(H,26,28). The molecule has 2 aromatic carbocycles. The van der Waals surface area contributed by atoms with E-state index in [0.717, 1.165) is 28.9 Å². The molecule has 0 aromatic heterocycles. The van der Waals surface area contributed by atoms with E-state index in [2.05, 4.69) is 10.6 Å². The molecule has 28 heavy (non-hydrogen) atoms. The van der Waals surface area contributed by atoms with Crippen molar-refractivity contribution in [3.63, 3.8) is 0 Å².